The van der Waals surface area contributed by atoms with Crippen LogP contribution in [-0.4, -0.2) is 11.1 Å². The van der Waals surface area contributed by atoms with Crippen LogP contribution in [0.5, 0.6) is 0 Å². The van der Waals surface area contributed by atoms with Gasteiger partial charge in [0.15, 0.2) is 0 Å². The van der Waals surface area contributed by atoms with Crippen LogP contribution in [0.1, 0.15) is 25.7 Å². The molecule has 0 atom stereocenters. The molecule has 1 aliphatic rings. The second kappa shape index (κ2) is 4.65. The molecule has 0 saturated carbocycles. The van der Waals surface area contributed by atoms with Gasteiger partial charge in [-0.15, -0.1) is 0 Å². The molecule has 1 N–H and O–H groups in total. The molecule has 0 unspecified atom stereocenters. The summed E-state index contributed by atoms with van der Waals surface area (Å²) in [6, 6.07) is 0. The molecule has 0 bridgehead atoms. The van der Waals surface area contributed by atoms with Gasteiger partial charge >= 0.3 is 5.97 Å². The molecule has 0 fully saturated rings. The number of aliphatic carboxylic acids is 1. The van der Waals surface area contributed by atoms with Gasteiger partial charge in [0.2, 0.25) is 0 Å². The van der Waals surface area contributed by atoms with Crippen LogP contribution in [0.15, 0.2) is 36.0 Å². The van der Waals surface area contributed by atoms with Crippen molar-refractivity contribution in [2.75, 3.05) is 0 Å². The lowest BCUT2D eigenvalue weighted by atomic mass is 10.0. The van der Waals surface area contributed by atoms with Gasteiger partial charge < -0.3 is 5.11 Å². The predicted octanol–water partition coefficient (Wildman–Crippen LogP) is 2.68. The van der Waals surface area contributed by atoms with Gasteiger partial charge in [-0.05, 0) is 30.4 Å². The Morgan fingerprint density at radius 1 is 1.46 bits per heavy atom. The molecule has 13 heavy (non-hydrogen) atoms. The number of unbranched alkanes of at least 4 members (excludes halogenated alkanes) is 1. The molecule has 2 heteroatoms. The lowest BCUT2D eigenvalue weighted by Crippen LogP contribution is -1.94. The van der Waals surface area contributed by atoms with Crippen LogP contribution < -0.4 is 0 Å². The minimum absolute atomic E-state index is 0.271. The van der Waals surface area contributed by atoms with Crippen LogP contribution >= 0.6 is 0 Å². The summed E-state index contributed by atoms with van der Waals surface area (Å²) < 4.78 is 0. The van der Waals surface area contributed by atoms with E-state index in [0.717, 1.165) is 24.8 Å². The molecule has 0 aromatic heterocycles. The number of carbonyl (C=O) groups is 1. The summed E-state index contributed by atoms with van der Waals surface area (Å²) in [6.45, 7) is 3.88. The normalized spacial score (nSPS) is 14.8. The number of allylic oxidation sites excluding steroid dienone is 5. The molecular formula is C11H14O2. The van der Waals surface area contributed by atoms with Crippen LogP contribution in [0.4, 0.5) is 0 Å². The topological polar surface area (TPSA) is 37.3 Å². The highest BCUT2D eigenvalue weighted by molar-refractivity contribution is 5.66. The maximum Gasteiger partial charge on any atom is 0.303 e. The van der Waals surface area contributed by atoms with E-state index in [-0.39, 0.29) is 6.42 Å². The fraction of sp³-hybridized carbons (Fsp3) is 0.364. The smallest absolute Gasteiger partial charge is 0.303 e. The first-order valence-corrected chi connectivity index (χ1v) is 4.48. The van der Waals surface area contributed by atoms with Crippen LogP contribution in [-0.2, 0) is 4.79 Å². The Labute approximate surface area is 78.3 Å². The average Bonchev–Trinajstić information content (AvgIpc) is 2.45. The van der Waals surface area contributed by atoms with Crippen LogP contribution in [0.2, 0.25) is 0 Å². The van der Waals surface area contributed by atoms with Crippen LogP contribution in [0, 0.1) is 0 Å². The first-order chi connectivity index (χ1) is 6.20. The minimum atomic E-state index is -0.711. The number of carboxylic acids is 1. The van der Waals surface area contributed by atoms with E-state index in [1.165, 1.54) is 5.57 Å². The highest BCUT2D eigenvalue weighted by Gasteiger charge is 2.04. The zero-order chi connectivity index (χ0) is 9.68. The molecule has 0 heterocycles. The maximum atomic E-state index is 10.2. The van der Waals surface area contributed by atoms with Gasteiger partial charge in [0, 0.05) is 6.42 Å². The summed E-state index contributed by atoms with van der Waals surface area (Å²) in [7, 11) is 0. The Balaban J connectivity index is 2.14. The predicted molar refractivity (Wildman–Crippen MR) is 52.5 cm³/mol. The van der Waals surface area contributed by atoms with E-state index in [1.54, 1.807) is 0 Å². The monoisotopic (exact) mass is 178 g/mol. The zero-order valence-corrected chi connectivity index (χ0v) is 7.62. The van der Waals surface area contributed by atoms with Crippen molar-refractivity contribution in [2.24, 2.45) is 0 Å². The average molecular weight is 178 g/mol. The lowest BCUT2D eigenvalue weighted by molar-refractivity contribution is -0.137. The third-order valence-electron chi connectivity index (χ3n) is 2.09. The SMILES string of the molecule is C=C1C=CC=C1CCCCC(=O)O. The van der Waals surface area contributed by atoms with Gasteiger partial charge in [-0.1, -0.05) is 24.8 Å². The van der Waals surface area contributed by atoms with Crippen molar-refractivity contribution < 1.29 is 9.90 Å². The first kappa shape index (κ1) is 9.78. The third-order valence-corrected chi connectivity index (χ3v) is 2.09. The third kappa shape index (κ3) is 3.28. The van der Waals surface area contributed by atoms with Crippen LogP contribution in [0.25, 0.3) is 0 Å². The highest BCUT2D eigenvalue weighted by atomic mass is 16.4. The molecular weight excluding hydrogens is 164 g/mol. The quantitative estimate of drug-likeness (QED) is 0.657. The maximum absolute atomic E-state index is 10.2. The van der Waals surface area contributed by atoms with Crippen molar-refractivity contribution >= 4 is 5.97 Å². The molecule has 0 aromatic rings. The Hall–Kier alpha value is -1.31. The summed E-state index contributed by atoms with van der Waals surface area (Å²) in [5, 5.41) is 8.41. The first-order valence-electron chi connectivity index (χ1n) is 4.48. The number of hydrogen-bond donors (Lipinski definition) is 1. The second-order valence-corrected chi connectivity index (χ2v) is 3.18. The molecule has 2 nitrogen and oxygen atoms in total. The molecule has 0 saturated heterocycles. The fourth-order valence-corrected chi connectivity index (χ4v) is 1.33. The van der Waals surface area contributed by atoms with E-state index in [2.05, 4.69) is 6.58 Å². The molecule has 1 rings (SSSR count). The molecule has 0 aromatic carbocycles. The van der Waals surface area contributed by atoms with Gasteiger partial charge in [-0.2, -0.15) is 0 Å². The summed E-state index contributed by atoms with van der Waals surface area (Å²) >= 11 is 0. The molecule has 0 radical (unpaired) electrons. The zero-order valence-electron chi connectivity index (χ0n) is 7.62. The van der Waals surface area contributed by atoms with E-state index in [9.17, 15) is 4.79 Å². The molecule has 70 valence electrons. The standard InChI is InChI=1S/C11H14O2/c1-9-5-4-7-10(9)6-2-3-8-11(12)13/h4-5,7H,1-3,6,8H2,(H,12,13). The molecule has 0 aliphatic heterocycles. The summed E-state index contributed by atoms with van der Waals surface area (Å²) in [6.07, 6.45) is 8.90. The summed E-state index contributed by atoms with van der Waals surface area (Å²) in [5.41, 5.74) is 2.31. The molecule has 0 spiro atoms. The van der Waals surface area contributed by atoms with Crippen molar-refractivity contribution in [3.8, 4) is 0 Å². The number of rotatable bonds is 5. The van der Waals surface area contributed by atoms with Gasteiger partial charge in [0.25, 0.3) is 0 Å². The largest absolute Gasteiger partial charge is 0.481 e. The lowest BCUT2D eigenvalue weighted by Gasteiger charge is -2.01. The molecule has 0 amide bonds. The van der Waals surface area contributed by atoms with Crippen molar-refractivity contribution in [3.63, 3.8) is 0 Å². The molecule has 1 aliphatic carbocycles. The number of carboxylic acid groups (broad SMARTS) is 1. The van der Waals surface area contributed by atoms with Crippen LogP contribution in [0.3, 0.4) is 0 Å². The minimum Gasteiger partial charge on any atom is -0.481 e. The summed E-state index contributed by atoms with van der Waals surface area (Å²) in [4.78, 5) is 10.2. The van der Waals surface area contributed by atoms with Crippen molar-refractivity contribution in [3.05, 3.63) is 36.0 Å². The van der Waals surface area contributed by atoms with Gasteiger partial charge in [0.05, 0.1) is 0 Å². The second-order valence-electron chi connectivity index (χ2n) is 3.18. The van der Waals surface area contributed by atoms with Crippen molar-refractivity contribution in [1.82, 2.24) is 0 Å². The number of hydrogen-bond acceptors (Lipinski definition) is 1. The van der Waals surface area contributed by atoms with Crippen molar-refractivity contribution in [1.29, 1.82) is 0 Å². The Bertz CT molecular complexity index is 272. The van der Waals surface area contributed by atoms with Gasteiger partial charge in [0.1, 0.15) is 0 Å². The van der Waals surface area contributed by atoms with Gasteiger partial charge in [-0.25, -0.2) is 0 Å². The van der Waals surface area contributed by atoms with Crippen molar-refractivity contribution in [2.45, 2.75) is 25.7 Å². The van der Waals surface area contributed by atoms with E-state index >= 15 is 0 Å². The fourth-order valence-electron chi connectivity index (χ4n) is 1.33. The van der Waals surface area contributed by atoms with E-state index < -0.39 is 5.97 Å². The Morgan fingerprint density at radius 3 is 2.77 bits per heavy atom. The Morgan fingerprint density at radius 2 is 2.23 bits per heavy atom. The van der Waals surface area contributed by atoms with Gasteiger partial charge in [-0.3, -0.25) is 4.79 Å². The van der Waals surface area contributed by atoms with E-state index in [1.807, 2.05) is 18.2 Å². The van der Waals surface area contributed by atoms with E-state index in [4.69, 9.17) is 5.11 Å². The highest BCUT2D eigenvalue weighted by Crippen LogP contribution is 2.21. The van der Waals surface area contributed by atoms with E-state index in [0.29, 0.717) is 0 Å². The summed E-state index contributed by atoms with van der Waals surface area (Å²) in [5.74, 6) is -0.711. The Kier molecular flexibility index (Phi) is 3.50.